The Morgan fingerprint density at radius 2 is 2.21 bits per heavy atom. The van der Waals surface area contributed by atoms with Gasteiger partial charge in [-0.1, -0.05) is 6.92 Å². The molecule has 1 aromatic rings. The van der Waals surface area contributed by atoms with E-state index in [4.69, 9.17) is 4.74 Å². The number of carbonyl (C=O) groups is 1. The predicted molar refractivity (Wildman–Crippen MR) is 51.2 cm³/mol. The lowest BCUT2D eigenvalue weighted by molar-refractivity contribution is -0.134. The second-order valence-electron chi connectivity index (χ2n) is 3.78. The molecule has 0 aliphatic carbocycles. The number of benzene rings is 1. The van der Waals surface area contributed by atoms with Crippen molar-refractivity contribution in [3.63, 3.8) is 0 Å². The first-order chi connectivity index (χ1) is 6.65. The zero-order valence-electron chi connectivity index (χ0n) is 7.99. The fraction of sp³-hybridized carbons (Fsp3) is 0.364. The summed E-state index contributed by atoms with van der Waals surface area (Å²) in [6, 6.07) is 4.83. The molecule has 0 bridgehead atoms. The highest BCUT2D eigenvalue weighted by atomic mass is 16.5. The van der Waals surface area contributed by atoms with Crippen LogP contribution in [0, 0.1) is 5.92 Å². The van der Waals surface area contributed by atoms with Gasteiger partial charge in [0.2, 0.25) is 0 Å². The van der Waals surface area contributed by atoms with Crippen LogP contribution < -0.4 is 4.74 Å². The maximum absolute atomic E-state index is 11.3. The molecular formula is C11H12O3. The van der Waals surface area contributed by atoms with Crippen LogP contribution in [0.25, 0.3) is 0 Å². The van der Waals surface area contributed by atoms with E-state index in [1.54, 1.807) is 12.1 Å². The van der Waals surface area contributed by atoms with E-state index in [-0.39, 0.29) is 17.6 Å². The zero-order chi connectivity index (χ0) is 10.1. The van der Waals surface area contributed by atoms with Crippen LogP contribution in [0.2, 0.25) is 0 Å². The first-order valence-corrected chi connectivity index (χ1v) is 4.67. The summed E-state index contributed by atoms with van der Waals surface area (Å²) < 4.78 is 5.13. The van der Waals surface area contributed by atoms with E-state index in [0.29, 0.717) is 12.2 Å². The Balaban J connectivity index is 2.41. The average Bonchev–Trinajstić information content (AvgIpc) is 2.21. The normalized spacial score (nSPS) is 20.9. The number of hydrogen-bond donors (Lipinski definition) is 1. The summed E-state index contributed by atoms with van der Waals surface area (Å²) in [5.41, 5.74) is 0.906. The maximum atomic E-state index is 11.3. The number of phenols is 1. The number of rotatable bonds is 0. The van der Waals surface area contributed by atoms with E-state index in [1.165, 1.54) is 6.07 Å². The Morgan fingerprint density at radius 1 is 1.43 bits per heavy atom. The molecule has 3 nitrogen and oxygen atoms in total. The van der Waals surface area contributed by atoms with Crippen molar-refractivity contribution in [2.45, 2.75) is 19.8 Å². The molecule has 3 heteroatoms. The van der Waals surface area contributed by atoms with E-state index in [1.807, 2.05) is 6.92 Å². The Morgan fingerprint density at radius 3 is 3.00 bits per heavy atom. The van der Waals surface area contributed by atoms with Crippen molar-refractivity contribution in [1.82, 2.24) is 0 Å². The van der Waals surface area contributed by atoms with Gasteiger partial charge in [0.15, 0.2) is 0 Å². The standard InChI is InChI=1S/C11H12O3/c1-7-4-8-6-9(12)2-3-10(8)14-11(13)5-7/h2-3,6-7,12H,4-5H2,1H3. The number of esters is 1. The van der Waals surface area contributed by atoms with Gasteiger partial charge in [-0.25, -0.2) is 0 Å². The molecular weight excluding hydrogens is 180 g/mol. The predicted octanol–water partition coefficient (Wildman–Crippen LogP) is 1.88. The van der Waals surface area contributed by atoms with Gasteiger partial charge < -0.3 is 9.84 Å². The topological polar surface area (TPSA) is 46.5 Å². The molecule has 0 fully saturated rings. The summed E-state index contributed by atoms with van der Waals surface area (Å²) in [6.07, 6.45) is 1.21. The van der Waals surface area contributed by atoms with Gasteiger partial charge in [0.1, 0.15) is 11.5 Å². The molecule has 0 saturated carbocycles. The van der Waals surface area contributed by atoms with E-state index in [0.717, 1.165) is 12.0 Å². The van der Waals surface area contributed by atoms with Crippen molar-refractivity contribution in [3.05, 3.63) is 23.8 Å². The molecule has 1 aromatic carbocycles. The van der Waals surface area contributed by atoms with Gasteiger partial charge in [-0.05, 0) is 36.1 Å². The van der Waals surface area contributed by atoms with Gasteiger partial charge in [0.05, 0.1) is 0 Å². The van der Waals surface area contributed by atoms with E-state index < -0.39 is 0 Å². The number of phenolic OH excluding ortho intramolecular Hbond substituents is 1. The molecule has 0 spiro atoms. The van der Waals surface area contributed by atoms with Crippen LogP contribution in [0.5, 0.6) is 11.5 Å². The minimum Gasteiger partial charge on any atom is -0.508 e. The lowest BCUT2D eigenvalue weighted by atomic mass is 9.99. The molecule has 0 amide bonds. The number of hydrogen-bond acceptors (Lipinski definition) is 3. The summed E-state index contributed by atoms with van der Waals surface area (Å²) in [6.45, 7) is 2.00. The van der Waals surface area contributed by atoms with Crippen LogP contribution in [0.3, 0.4) is 0 Å². The van der Waals surface area contributed by atoms with Crippen LogP contribution in [-0.2, 0) is 11.2 Å². The van der Waals surface area contributed by atoms with Gasteiger partial charge in [-0.3, -0.25) is 4.79 Å². The smallest absolute Gasteiger partial charge is 0.311 e. The van der Waals surface area contributed by atoms with Gasteiger partial charge >= 0.3 is 5.97 Å². The van der Waals surface area contributed by atoms with Crippen LogP contribution in [0.4, 0.5) is 0 Å². The lowest BCUT2D eigenvalue weighted by Gasteiger charge is -2.06. The van der Waals surface area contributed by atoms with Crippen LogP contribution in [-0.4, -0.2) is 11.1 Å². The molecule has 1 heterocycles. The summed E-state index contributed by atoms with van der Waals surface area (Å²) in [7, 11) is 0. The Labute approximate surface area is 82.3 Å². The molecule has 1 aliphatic rings. The van der Waals surface area contributed by atoms with Crippen LogP contribution in [0.15, 0.2) is 18.2 Å². The third-order valence-corrected chi connectivity index (χ3v) is 2.35. The number of fused-ring (bicyclic) bond motifs is 1. The Kier molecular flexibility index (Phi) is 2.15. The fourth-order valence-corrected chi connectivity index (χ4v) is 1.72. The van der Waals surface area contributed by atoms with Crippen molar-refractivity contribution in [2.75, 3.05) is 0 Å². The zero-order valence-corrected chi connectivity index (χ0v) is 7.99. The van der Waals surface area contributed by atoms with Crippen LogP contribution >= 0.6 is 0 Å². The fourth-order valence-electron chi connectivity index (χ4n) is 1.72. The molecule has 1 N–H and O–H groups in total. The third-order valence-electron chi connectivity index (χ3n) is 2.35. The molecule has 2 rings (SSSR count). The van der Waals surface area contributed by atoms with Crippen LogP contribution in [0.1, 0.15) is 18.9 Å². The average molecular weight is 192 g/mol. The summed E-state index contributed by atoms with van der Waals surface area (Å²) in [4.78, 5) is 11.3. The summed E-state index contributed by atoms with van der Waals surface area (Å²) in [5, 5.41) is 9.29. The second-order valence-corrected chi connectivity index (χ2v) is 3.78. The Hall–Kier alpha value is -1.51. The molecule has 0 saturated heterocycles. The quantitative estimate of drug-likeness (QED) is 0.504. The van der Waals surface area contributed by atoms with E-state index in [9.17, 15) is 9.90 Å². The van der Waals surface area contributed by atoms with Crippen molar-refractivity contribution < 1.29 is 14.6 Å². The Bertz CT molecular complexity index is 371. The molecule has 14 heavy (non-hydrogen) atoms. The third kappa shape index (κ3) is 1.71. The van der Waals surface area contributed by atoms with E-state index >= 15 is 0 Å². The number of carbonyl (C=O) groups excluding carboxylic acids is 1. The molecule has 1 unspecified atom stereocenters. The largest absolute Gasteiger partial charge is 0.508 e. The highest BCUT2D eigenvalue weighted by molar-refractivity contribution is 5.74. The molecule has 1 aliphatic heterocycles. The van der Waals surface area contributed by atoms with Gasteiger partial charge in [-0.2, -0.15) is 0 Å². The lowest BCUT2D eigenvalue weighted by Crippen LogP contribution is -2.09. The van der Waals surface area contributed by atoms with E-state index in [2.05, 4.69) is 0 Å². The molecule has 1 atom stereocenters. The second kappa shape index (κ2) is 3.33. The number of ether oxygens (including phenoxy) is 1. The SMILES string of the molecule is CC1CC(=O)Oc2ccc(O)cc2C1. The van der Waals surface area contributed by atoms with Crippen molar-refractivity contribution >= 4 is 5.97 Å². The minimum atomic E-state index is -0.193. The minimum absolute atomic E-state index is 0.193. The van der Waals surface area contributed by atoms with Crippen molar-refractivity contribution in [3.8, 4) is 11.5 Å². The van der Waals surface area contributed by atoms with Crippen molar-refractivity contribution in [2.24, 2.45) is 5.92 Å². The van der Waals surface area contributed by atoms with Crippen molar-refractivity contribution in [1.29, 1.82) is 0 Å². The molecule has 74 valence electrons. The van der Waals surface area contributed by atoms with Gasteiger partial charge in [0, 0.05) is 6.42 Å². The molecule has 0 aromatic heterocycles. The first kappa shape index (κ1) is 9.06. The number of aromatic hydroxyl groups is 1. The monoisotopic (exact) mass is 192 g/mol. The molecule has 0 radical (unpaired) electrons. The van der Waals surface area contributed by atoms with Gasteiger partial charge in [0.25, 0.3) is 0 Å². The summed E-state index contributed by atoms with van der Waals surface area (Å²) in [5.74, 6) is 0.874. The van der Waals surface area contributed by atoms with Gasteiger partial charge in [-0.15, -0.1) is 0 Å². The maximum Gasteiger partial charge on any atom is 0.311 e. The summed E-state index contributed by atoms with van der Waals surface area (Å²) >= 11 is 0. The first-order valence-electron chi connectivity index (χ1n) is 4.67. The highest BCUT2D eigenvalue weighted by Gasteiger charge is 2.20. The highest BCUT2D eigenvalue weighted by Crippen LogP contribution is 2.29.